The summed E-state index contributed by atoms with van der Waals surface area (Å²) in [6.45, 7) is 0.815. The predicted molar refractivity (Wildman–Crippen MR) is 88.8 cm³/mol. The molecule has 2 aromatic carbocycles. The van der Waals surface area contributed by atoms with E-state index >= 15 is 0 Å². The molecule has 2 nitrogen and oxygen atoms in total. The van der Waals surface area contributed by atoms with Crippen molar-refractivity contribution in [2.24, 2.45) is 5.92 Å². The van der Waals surface area contributed by atoms with Gasteiger partial charge in [-0.1, -0.05) is 39.7 Å². The highest BCUT2D eigenvalue weighted by Crippen LogP contribution is 2.50. The smallest absolute Gasteiger partial charge is 0.0897 e. The summed E-state index contributed by atoms with van der Waals surface area (Å²) in [6, 6.07) is 14.9. The molecule has 108 valence electrons. The van der Waals surface area contributed by atoms with Gasteiger partial charge in [-0.2, -0.15) is 0 Å². The van der Waals surface area contributed by atoms with Crippen LogP contribution in [0.15, 0.2) is 46.9 Å². The van der Waals surface area contributed by atoms with Crippen LogP contribution in [0.5, 0.6) is 0 Å². The molecule has 0 saturated carbocycles. The van der Waals surface area contributed by atoms with Gasteiger partial charge in [0, 0.05) is 33.3 Å². The summed E-state index contributed by atoms with van der Waals surface area (Å²) in [5.41, 5.74) is 3.63. The monoisotopic (exact) mass is 363 g/mol. The minimum atomic E-state index is 0.147. The van der Waals surface area contributed by atoms with Gasteiger partial charge in [-0.05, 0) is 42.3 Å². The lowest BCUT2D eigenvalue weighted by molar-refractivity contribution is 0.0829. The van der Waals surface area contributed by atoms with Crippen molar-refractivity contribution in [3.8, 4) is 0 Å². The van der Waals surface area contributed by atoms with E-state index < -0.39 is 0 Å². The first-order chi connectivity index (χ1) is 10.2. The van der Waals surface area contributed by atoms with Crippen molar-refractivity contribution < 1.29 is 4.74 Å². The molecule has 0 spiro atoms. The van der Waals surface area contributed by atoms with E-state index in [0.717, 1.165) is 28.2 Å². The molecule has 0 aliphatic carbocycles. The number of ether oxygens (including phenoxy) is 1. The van der Waals surface area contributed by atoms with Crippen molar-refractivity contribution in [2.45, 2.75) is 18.6 Å². The van der Waals surface area contributed by atoms with E-state index in [9.17, 15) is 0 Å². The Labute approximate surface area is 137 Å². The zero-order chi connectivity index (χ0) is 14.4. The normalized spacial score (nSPS) is 26.9. The van der Waals surface area contributed by atoms with Gasteiger partial charge in [0.05, 0.1) is 12.1 Å². The summed E-state index contributed by atoms with van der Waals surface area (Å²) in [4.78, 5) is 0. The second-order valence-corrected chi connectivity index (χ2v) is 7.00. The van der Waals surface area contributed by atoms with Crippen molar-refractivity contribution in [3.63, 3.8) is 0 Å². The van der Waals surface area contributed by atoms with E-state index in [1.807, 2.05) is 12.1 Å². The number of nitrogens with one attached hydrogen (secondary N) is 1. The number of fused-ring (bicyclic) bond motifs is 3. The molecule has 2 aromatic rings. The van der Waals surface area contributed by atoms with Crippen LogP contribution in [0.1, 0.15) is 29.7 Å². The highest BCUT2D eigenvalue weighted by molar-refractivity contribution is 9.10. The summed E-state index contributed by atoms with van der Waals surface area (Å²) < 4.78 is 7.11. The lowest BCUT2D eigenvalue weighted by Gasteiger charge is -2.36. The zero-order valence-corrected chi connectivity index (χ0v) is 13.7. The Morgan fingerprint density at radius 2 is 1.95 bits per heavy atom. The average molecular weight is 365 g/mol. The fourth-order valence-corrected chi connectivity index (χ4v) is 3.89. The summed E-state index contributed by atoms with van der Waals surface area (Å²) in [5, 5.41) is 4.45. The van der Waals surface area contributed by atoms with E-state index in [0.29, 0.717) is 12.0 Å². The van der Waals surface area contributed by atoms with E-state index in [2.05, 4.69) is 51.6 Å². The molecule has 21 heavy (non-hydrogen) atoms. The van der Waals surface area contributed by atoms with E-state index in [1.54, 1.807) is 0 Å². The highest BCUT2D eigenvalue weighted by atomic mass is 79.9. The molecule has 1 saturated heterocycles. The Morgan fingerprint density at radius 3 is 2.76 bits per heavy atom. The van der Waals surface area contributed by atoms with Crippen LogP contribution >= 0.6 is 27.5 Å². The van der Waals surface area contributed by atoms with Crippen LogP contribution in [-0.2, 0) is 4.74 Å². The third-order valence-electron chi connectivity index (χ3n) is 4.43. The molecule has 0 radical (unpaired) electrons. The molecule has 2 aliphatic heterocycles. The van der Waals surface area contributed by atoms with Crippen LogP contribution < -0.4 is 5.32 Å². The van der Waals surface area contributed by atoms with Crippen molar-refractivity contribution >= 4 is 33.2 Å². The highest BCUT2D eigenvalue weighted by Gasteiger charge is 2.41. The van der Waals surface area contributed by atoms with Gasteiger partial charge in [0.1, 0.15) is 0 Å². The van der Waals surface area contributed by atoms with Gasteiger partial charge >= 0.3 is 0 Å². The fraction of sp³-hybridized carbons (Fsp3) is 0.294. The fourth-order valence-electron chi connectivity index (χ4n) is 3.44. The van der Waals surface area contributed by atoms with Gasteiger partial charge in [-0.3, -0.25) is 0 Å². The molecule has 1 N–H and O–H groups in total. The molecule has 2 aliphatic rings. The van der Waals surface area contributed by atoms with Gasteiger partial charge in [0.15, 0.2) is 0 Å². The second-order valence-electron chi connectivity index (χ2n) is 5.65. The Kier molecular flexibility index (Phi) is 3.44. The van der Waals surface area contributed by atoms with Crippen LogP contribution in [0.3, 0.4) is 0 Å². The van der Waals surface area contributed by atoms with E-state index in [1.165, 1.54) is 11.1 Å². The number of hydrogen-bond acceptors (Lipinski definition) is 2. The lowest BCUT2D eigenvalue weighted by atomic mass is 9.81. The molecule has 4 heteroatoms. The molecule has 0 unspecified atom stereocenters. The van der Waals surface area contributed by atoms with Crippen LogP contribution in [-0.4, -0.2) is 6.61 Å². The van der Waals surface area contributed by atoms with Gasteiger partial charge in [-0.15, -0.1) is 0 Å². The maximum atomic E-state index is 6.15. The minimum Gasteiger partial charge on any atom is -0.378 e. The molecule has 0 bridgehead atoms. The molecular formula is C17H15BrClNO. The van der Waals surface area contributed by atoms with Crippen LogP contribution in [0.4, 0.5) is 5.69 Å². The second kappa shape index (κ2) is 5.31. The maximum absolute atomic E-state index is 6.15. The number of hydrogen-bond donors (Lipinski definition) is 1. The van der Waals surface area contributed by atoms with Crippen molar-refractivity contribution in [1.29, 1.82) is 0 Å². The molecule has 2 heterocycles. The molecule has 1 fully saturated rings. The first-order valence-electron chi connectivity index (χ1n) is 7.15. The van der Waals surface area contributed by atoms with Crippen molar-refractivity contribution in [1.82, 2.24) is 0 Å². The molecule has 4 rings (SSSR count). The number of anilines is 1. The summed E-state index contributed by atoms with van der Waals surface area (Å²) in [7, 11) is 0. The molecule has 3 atom stereocenters. The summed E-state index contributed by atoms with van der Waals surface area (Å²) in [5.74, 6) is 0.456. The molecule has 0 aromatic heterocycles. The van der Waals surface area contributed by atoms with Gasteiger partial charge in [-0.25, -0.2) is 0 Å². The largest absolute Gasteiger partial charge is 0.378 e. The number of benzene rings is 2. The average Bonchev–Trinajstić information content (AvgIpc) is 2.97. The third-order valence-corrected chi connectivity index (χ3v) is 5.19. The zero-order valence-electron chi connectivity index (χ0n) is 11.4. The predicted octanol–water partition coefficient (Wildman–Crippen LogP) is 5.35. The number of rotatable bonds is 1. The van der Waals surface area contributed by atoms with Crippen LogP contribution in [0.25, 0.3) is 0 Å². The first kappa shape index (κ1) is 13.6. The number of halogens is 2. The Hall–Kier alpha value is -1.03. The van der Waals surface area contributed by atoms with Crippen LogP contribution in [0, 0.1) is 5.92 Å². The van der Waals surface area contributed by atoms with Gasteiger partial charge in [0.25, 0.3) is 0 Å². The van der Waals surface area contributed by atoms with E-state index in [4.69, 9.17) is 16.3 Å². The Balaban J connectivity index is 1.77. The first-order valence-corrected chi connectivity index (χ1v) is 8.32. The maximum Gasteiger partial charge on any atom is 0.0897 e. The SMILES string of the molecule is Clc1ccc2c(c1)[C@@H]1OCC[C@@H]1[C@H](c1ccc(Br)cc1)N2. The topological polar surface area (TPSA) is 21.3 Å². The van der Waals surface area contributed by atoms with Gasteiger partial charge in [0.2, 0.25) is 0 Å². The quantitative estimate of drug-likeness (QED) is 0.737. The third kappa shape index (κ3) is 2.37. The Bertz CT molecular complexity index is 673. The Morgan fingerprint density at radius 1 is 1.14 bits per heavy atom. The molecule has 0 amide bonds. The summed E-state index contributed by atoms with van der Waals surface area (Å²) >= 11 is 9.65. The van der Waals surface area contributed by atoms with Crippen LogP contribution in [0.2, 0.25) is 5.02 Å². The van der Waals surface area contributed by atoms with Crippen molar-refractivity contribution in [3.05, 3.63) is 63.1 Å². The van der Waals surface area contributed by atoms with Gasteiger partial charge < -0.3 is 10.1 Å². The summed E-state index contributed by atoms with van der Waals surface area (Å²) in [6.07, 6.45) is 1.22. The minimum absolute atomic E-state index is 0.147. The van der Waals surface area contributed by atoms with Crippen molar-refractivity contribution in [2.75, 3.05) is 11.9 Å². The van der Waals surface area contributed by atoms with E-state index in [-0.39, 0.29) is 6.10 Å². The molecular weight excluding hydrogens is 350 g/mol. The standard InChI is InChI=1S/C17H15BrClNO/c18-11-3-1-10(2-4-11)16-13-7-8-21-17(13)14-9-12(19)5-6-15(14)20-16/h1-6,9,13,16-17,20H,7-8H2/t13-,16+,17-/m1/s1. The lowest BCUT2D eigenvalue weighted by Crippen LogP contribution is -2.29.